The van der Waals surface area contributed by atoms with E-state index < -0.39 is 5.91 Å². The number of carbonyl (C=O) groups excluding carboxylic acids is 1. The number of benzene rings is 2. The molecule has 25 heavy (non-hydrogen) atoms. The van der Waals surface area contributed by atoms with E-state index in [9.17, 15) is 4.79 Å². The Morgan fingerprint density at radius 3 is 1.92 bits per heavy atom. The number of carbonyl (C=O) groups is 1. The topological polar surface area (TPSA) is 47.6 Å². The van der Waals surface area contributed by atoms with E-state index in [2.05, 4.69) is 5.32 Å². The van der Waals surface area contributed by atoms with Crippen molar-refractivity contribution in [1.82, 2.24) is 0 Å². The summed E-state index contributed by atoms with van der Waals surface area (Å²) in [5, 5.41) is 2.64. The fraction of sp³-hybridized carbons (Fsp3) is 0.188. The fourth-order valence-electron chi connectivity index (χ4n) is 1.85. The molecule has 0 unspecified atom stereocenters. The molecule has 1 amide bonds. The second kappa shape index (κ2) is 9.06. The number of rotatable bonds is 6. The van der Waals surface area contributed by atoms with Crippen LogP contribution in [0, 0.1) is 0 Å². The van der Waals surface area contributed by atoms with Crippen LogP contribution in [0.15, 0.2) is 24.3 Å². The van der Waals surface area contributed by atoms with E-state index >= 15 is 0 Å². The highest BCUT2D eigenvalue weighted by Gasteiger charge is 2.21. The maximum Gasteiger partial charge on any atom is 0.262 e. The van der Waals surface area contributed by atoms with Gasteiger partial charge in [0.05, 0.1) is 21.7 Å². The Bertz CT molecular complexity index is 751. The van der Waals surface area contributed by atoms with E-state index in [1.54, 1.807) is 24.3 Å². The lowest BCUT2D eigenvalue weighted by atomic mass is 10.3. The van der Waals surface area contributed by atoms with E-state index in [0.29, 0.717) is 18.0 Å². The monoisotopic (exact) mass is 441 g/mol. The molecule has 0 heterocycles. The average Bonchev–Trinajstić information content (AvgIpc) is 2.60. The Kier molecular flexibility index (Phi) is 7.35. The summed E-state index contributed by atoms with van der Waals surface area (Å²) in [5.74, 6) is 0.281. The molecule has 134 valence electrons. The molecule has 1 N–H and O–H groups in total. The summed E-state index contributed by atoms with van der Waals surface area (Å²) in [6, 6.07) is 6.90. The Labute approximate surface area is 169 Å². The van der Waals surface area contributed by atoms with Crippen LogP contribution in [0.1, 0.15) is 6.92 Å². The maximum absolute atomic E-state index is 12.0. The Morgan fingerprint density at radius 1 is 0.880 bits per heavy atom. The molecule has 0 atom stereocenters. The predicted molar refractivity (Wildman–Crippen MR) is 103 cm³/mol. The Balaban J connectivity index is 2.03. The third-order valence-corrected chi connectivity index (χ3v) is 5.21. The zero-order chi connectivity index (χ0) is 18.6. The van der Waals surface area contributed by atoms with Crippen LogP contribution in [0.25, 0.3) is 0 Å². The van der Waals surface area contributed by atoms with Gasteiger partial charge in [0.1, 0.15) is 15.8 Å². The predicted octanol–water partition coefficient (Wildman–Crippen LogP) is 6.37. The van der Waals surface area contributed by atoms with Crippen molar-refractivity contribution in [2.75, 3.05) is 18.5 Å². The van der Waals surface area contributed by atoms with Crippen LogP contribution in [0.2, 0.25) is 25.1 Å². The van der Waals surface area contributed by atoms with E-state index in [1.807, 2.05) is 6.92 Å². The van der Waals surface area contributed by atoms with Crippen molar-refractivity contribution in [3.63, 3.8) is 0 Å². The number of hydrogen-bond donors (Lipinski definition) is 1. The van der Waals surface area contributed by atoms with Gasteiger partial charge < -0.3 is 14.8 Å². The zero-order valence-electron chi connectivity index (χ0n) is 12.8. The minimum Gasteiger partial charge on any atom is -0.494 e. The number of hydrogen-bond acceptors (Lipinski definition) is 3. The summed E-state index contributed by atoms with van der Waals surface area (Å²) in [6.45, 7) is 2.10. The number of halogens is 5. The van der Waals surface area contributed by atoms with Crippen LogP contribution in [0.5, 0.6) is 11.5 Å². The van der Waals surface area contributed by atoms with Gasteiger partial charge in [0.25, 0.3) is 5.91 Å². The molecule has 0 fully saturated rings. The second-order valence-corrected chi connectivity index (χ2v) is 6.58. The van der Waals surface area contributed by atoms with E-state index in [-0.39, 0.29) is 37.5 Å². The largest absolute Gasteiger partial charge is 0.494 e. The second-order valence-electron chi connectivity index (χ2n) is 4.69. The molecular formula is C16H12Cl5NO3. The van der Waals surface area contributed by atoms with Crippen LogP contribution >= 0.6 is 58.0 Å². The van der Waals surface area contributed by atoms with Gasteiger partial charge in [-0.3, -0.25) is 4.79 Å². The van der Waals surface area contributed by atoms with E-state index in [1.165, 1.54) is 0 Å². The molecule has 2 aromatic carbocycles. The number of amides is 1. The van der Waals surface area contributed by atoms with Crippen LogP contribution in [-0.4, -0.2) is 19.1 Å². The normalized spacial score (nSPS) is 10.5. The number of nitrogens with one attached hydrogen (secondary N) is 1. The number of anilines is 1. The summed E-state index contributed by atoms with van der Waals surface area (Å²) >= 11 is 29.9. The summed E-state index contributed by atoms with van der Waals surface area (Å²) in [7, 11) is 0. The van der Waals surface area contributed by atoms with E-state index in [4.69, 9.17) is 67.5 Å². The van der Waals surface area contributed by atoms with Gasteiger partial charge in [-0.2, -0.15) is 0 Å². The summed E-state index contributed by atoms with van der Waals surface area (Å²) in [5.41, 5.74) is 0.585. The van der Waals surface area contributed by atoms with Crippen molar-refractivity contribution in [3.8, 4) is 11.5 Å². The fourth-order valence-corrected chi connectivity index (χ4v) is 3.08. The molecule has 0 aromatic heterocycles. The molecule has 0 radical (unpaired) electrons. The van der Waals surface area contributed by atoms with Gasteiger partial charge in [-0.15, -0.1) is 0 Å². The lowest BCUT2D eigenvalue weighted by Gasteiger charge is -2.13. The zero-order valence-corrected chi connectivity index (χ0v) is 16.6. The molecule has 9 heteroatoms. The van der Waals surface area contributed by atoms with Crippen molar-refractivity contribution in [3.05, 3.63) is 49.4 Å². The summed E-state index contributed by atoms with van der Waals surface area (Å²) in [6.07, 6.45) is 0. The van der Waals surface area contributed by atoms with Crippen LogP contribution in [0.3, 0.4) is 0 Å². The van der Waals surface area contributed by atoms with Gasteiger partial charge in [0.15, 0.2) is 12.4 Å². The number of ether oxygens (including phenoxy) is 2. The van der Waals surface area contributed by atoms with Gasteiger partial charge in [0, 0.05) is 5.69 Å². The van der Waals surface area contributed by atoms with Crippen molar-refractivity contribution >= 4 is 69.6 Å². The highest BCUT2D eigenvalue weighted by molar-refractivity contribution is 6.55. The lowest BCUT2D eigenvalue weighted by Crippen LogP contribution is -2.20. The third-order valence-electron chi connectivity index (χ3n) is 2.97. The van der Waals surface area contributed by atoms with Gasteiger partial charge in [-0.25, -0.2) is 0 Å². The van der Waals surface area contributed by atoms with Gasteiger partial charge in [-0.1, -0.05) is 58.0 Å². The molecule has 0 aliphatic heterocycles. The third kappa shape index (κ3) is 4.99. The van der Waals surface area contributed by atoms with Gasteiger partial charge in [0.2, 0.25) is 0 Å². The standard InChI is InChI=1S/C16H12Cl5NO3/c1-2-24-9-5-3-8(4-6-9)22-10(23)7-25-16-14(20)12(18)11(17)13(19)15(16)21/h3-6H,2,7H2,1H3,(H,22,23). The first-order valence-corrected chi connectivity index (χ1v) is 8.91. The molecule has 0 saturated carbocycles. The Morgan fingerprint density at radius 2 is 1.40 bits per heavy atom. The van der Waals surface area contributed by atoms with Crippen molar-refractivity contribution in [1.29, 1.82) is 0 Å². The first-order valence-electron chi connectivity index (χ1n) is 7.02. The molecule has 0 spiro atoms. The molecule has 0 saturated heterocycles. The first-order chi connectivity index (χ1) is 11.8. The highest BCUT2D eigenvalue weighted by atomic mass is 35.5. The summed E-state index contributed by atoms with van der Waals surface area (Å²) in [4.78, 5) is 12.0. The van der Waals surface area contributed by atoms with E-state index in [0.717, 1.165) is 0 Å². The molecule has 4 nitrogen and oxygen atoms in total. The highest BCUT2D eigenvalue weighted by Crippen LogP contribution is 2.48. The van der Waals surface area contributed by atoms with Crippen LogP contribution < -0.4 is 14.8 Å². The quantitative estimate of drug-likeness (QED) is 0.417. The Hall–Kier alpha value is -1.04. The molecular weight excluding hydrogens is 431 g/mol. The minimum atomic E-state index is -0.418. The molecule has 2 aromatic rings. The molecule has 0 aliphatic rings. The minimum absolute atomic E-state index is 0.000320. The van der Waals surface area contributed by atoms with Gasteiger partial charge in [-0.05, 0) is 31.2 Å². The lowest BCUT2D eigenvalue weighted by molar-refractivity contribution is -0.118. The van der Waals surface area contributed by atoms with Crippen molar-refractivity contribution in [2.24, 2.45) is 0 Å². The van der Waals surface area contributed by atoms with Crippen LogP contribution in [0.4, 0.5) is 5.69 Å². The maximum atomic E-state index is 12.0. The smallest absolute Gasteiger partial charge is 0.262 e. The summed E-state index contributed by atoms with van der Waals surface area (Å²) < 4.78 is 10.7. The molecule has 0 aliphatic carbocycles. The van der Waals surface area contributed by atoms with Crippen LogP contribution in [-0.2, 0) is 4.79 Å². The average molecular weight is 444 g/mol. The first kappa shape index (κ1) is 20.3. The van der Waals surface area contributed by atoms with Crippen molar-refractivity contribution in [2.45, 2.75) is 6.92 Å². The molecule has 2 rings (SSSR count). The SMILES string of the molecule is CCOc1ccc(NC(=O)COc2c(Cl)c(Cl)c(Cl)c(Cl)c2Cl)cc1. The molecule has 0 bridgehead atoms. The van der Waals surface area contributed by atoms with Gasteiger partial charge >= 0.3 is 0 Å². The van der Waals surface area contributed by atoms with Crippen molar-refractivity contribution < 1.29 is 14.3 Å².